The summed E-state index contributed by atoms with van der Waals surface area (Å²) in [6, 6.07) is 12.3. The first-order chi connectivity index (χ1) is 15.4. The standard InChI is InChI=1S/C25H29N5O2/c1-6-22(27-15-30(5)16-31)21-13-26-19(4)28-25(21)32-14-17(2)18(3)23-12-11-20-9-7-8-10-24(20)29-23/h6-13,15-18H,14H2,1-5H3/b22-6-,27-15?/t17?,18-/m0/s1. The third kappa shape index (κ3) is 5.55. The van der Waals surface area contributed by atoms with Gasteiger partial charge in [0, 0.05) is 30.2 Å². The van der Waals surface area contributed by atoms with Gasteiger partial charge in [0.1, 0.15) is 5.82 Å². The molecule has 3 aromatic rings. The van der Waals surface area contributed by atoms with Crippen molar-refractivity contribution in [3.05, 3.63) is 65.8 Å². The normalized spacial score (nSPS) is 13.8. The number of benzene rings is 1. The predicted molar refractivity (Wildman–Crippen MR) is 128 cm³/mol. The lowest BCUT2D eigenvalue weighted by molar-refractivity contribution is -0.113. The van der Waals surface area contributed by atoms with Crippen LogP contribution in [0.4, 0.5) is 0 Å². The number of hydrogen-bond acceptors (Lipinski definition) is 6. The molecular formula is C25H29N5O2. The van der Waals surface area contributed by atoms with Crippen molar-refractivity contribution < 1.29 is 9.53 Å². The average Bonchev–Trinajstić information content (AvgIpc) is 2.82. The second kappa shape index (κ2) is 10.6. The third-order valence-corrected chi connectivity index (χ3v) is 5.39. The summed E-state index contributed by atoms with van der Waals surface area (Å²) in [7, 11) is 1.62. The maximum atomic E-state index is 10.8. The summed E-state index contributed by atoms with van der Waals surface area (Å²) in [6.07, 6.45) is 5.66. The number of carbonyl (C=O) groups is 1. The van der Waals surface area contributed by atoms with Gasteiger partial charge in [-0.25, -0.2) is 9.98 Å². The second-order valence-corrected chi connectivity index (χ2v) is 7.83. The lowest BCUT2D eigenvalue weighted by Crippen LogP contribution is -2.17. The Labute approximate surface area is 188 Å². The summed E-state index contributed by atoms with van der Waals surface area (Å²) in [4.78, 5) is 30.2. The van der Waals surface area contributed by atoms with Crippen LogP contribution in [0.25, 0.3) is 16.6 Å². The molecule has 0 aliphatic carbocycles. The fourth-order valence-electron chi connectivity index (χ4n) is 3.20. The molecule has 0 N–H and O–H groups in total. The number of amides is 1. The smallest absolute Gasteiger partial charge is 0.226 e. The Bertz CT molecular complexity index is 1140. The molecule has 1 unspecified atom stereocenters. The van der Waals surface area contributed by atoms with E-state index >= 15 is 0 Å². The van der Waals surface area contributed by atoms with Crippen molar-refractivity contribution in [1.82, 2.24) is 19.9 Å². The van der Waals surface area contributed by atoms with Crippen LogP contribution in [0.5, 0.6) is 5.88 Å². The zero-order valence-electron chi connectivity index (χ0n) is 19.2. The first kappa shape index (κ1) is 23.1. The van der Waals surface area contributed by atoms with E-state index in [1.165, 1.54) is 11.2 Å². The maximum absolute atomic E-state index is 10.8. The molecule has 0 aliphatic rings. The molecule has 2 atom stereocenters. The minimum Gasteiger partial charge on any atom is -0.477 e. The van der Waals surface area contributed by atoms with Gasteiger partial charge in [0.25, 0.3) is 0 Å². The second-order valence-electron chi connectivity index (χ2n) is 7.83. The Morgan fingerprint density at radius 3 is 2.72 bits per heavy atom. The van der Waals surface area contributed by atoms with Gasteiger partial charge in [-0.05, 0) is 31.9 Å². The molecule has 0 aliphatic heterocycles. The van der Waals surface area contributed by atoms with E-state index in [9.17, 15) is 4.79 Å². The van der Waals surface area contributed by atoms with Crippen molar-refractivity contribution in [2.75, 3.05) is 13.7 Å². The molecule has 2 heterocycles. The number of hydrogen-bond donors (Lipinski definition) is 0. The van der Waals surface area contributed by atoms with Crippen LogP contribution in [0.1, 0.15) is 43.8 Å². The Morgan fingerprint density at radius 1 is 1.19 bits per heavy atom. The number of para-hydroxylation sites is 1. The molecule has 32 heavy (non-hydrogen) atoms. The van der Waals surface area contributed by atoms with Gasteiger partial charge in [0.15, 0.2) is 0 Å². The number of allylic oxidation sites excluding steroid dienone is 1. The van der Waals surface area contributed by atoms with Crippen molar-refractivity contribution in [2.45, 2.75) is 33.6 Å². The summed E-state index contributed by atoms with van der Waals surface area (Å²) in [5, 5.41) is 1.13. The molecule has 1 aromatic carbocycles. The number of aromatic nitrogens is 3. The highest BCUT2D eigenvalue weighted by atomic mass is 16.5. The van der Waals surface area contributed by atoms with Crippen LogP contribution >= 0.6 is 0 Å². The van der Waals surface area contributed by atoms with E-state index in [2.05, 4.69) is 47.0 Å². The summed E-state index contributed by atoms with van der Waals surface area (Å²) >= 11 is 0. The molecular weight excluding hydrogens is 402 g/mol. The van der Waals surface area contributed by atoms with Crippen LogP contribution in [0.15, 0.2) is 53.7 Å². The van der Waals surface area contributed by atoms with Gasteiger partial charge in [0.2, 0.25) is 12.3 Å². The zero-order valence-corrected chi connectivity index (χ0v) is 19.2. The van der Waals surface area contributed by atoms with Gasteiger partial charge in [-0.3, -0.25) is 9.78 Å². The molecule has 166 valence electrons. The van der Waals surface area contributed by atoms with Gasteiger partial charge in [-0.2, -0.15) is 4.98 Å². The molecule has 7 heteroatoms. The van der Waals surface area contributed by atoms with E-state index in [-0.39, 0.29) is 11.8 Å². The highest BCUT2D eigenvalue weighted by Crippen LogP contribution is 2.28. The van der Waals surface area contributed by atoms with E-state index in [4.69, 9.17) is 9.72 Å². The van der Waals surface area contributed by atoms with Crippen molar-refractivity contribution in [2.24, 2.45) is 10.9 Å². The lowest BCUT2D eigenvalue weighted by Gasteiger charge is -2.21. The van der Waals surface area contributed by atoms with Crippen LogP contribution in [0.2, 0.25) is 0 Å². The molecule has 1 amide bonds. The number of aliphatic imine (C=N–C) groups is 1. The average molecular weight is 432 g/mol. The number of aryl methyl sites for hydroxylation is 1. The number of pyridine rings is 1. The van der Waals surface area contributed by atoms with Crippen LogP contribution in [0, 0.1) is 12.8 Å². The first-order valence-electron chi connectivity index (χ1n) is 10.6. The summed E-state index contributed by atoms with van der Waals surface area (Å²) in [5.41, 5.74) is 3.34. The van der Waals surface area contributed by atoms with Crippen molar-refractivity contribution >= 4 is 29.3 Å². The molecule has 0 saturated heterocycles. The topological polar surface area (TPSA) is 80.6 Å². The van der Waals surface area contributed by atoms with Crippen LogP contribution in [0.3, 0.4) is 0 Å². The molecule has 0 bridgehead atoms. The fraction of sp³-hybridized carbons (Fsp3) is 0.320. The third-order valence-electron chi connectivity index (χ3n) is 5.39. The van der Waals surface area contributed by atoms with E-state index in [1.54, 1.807) is 13.2 Å². The van der Waals surface area contributed by atoms with Gasteiger partial charge in [0.05, 0.1) is 29.7 Å². The molecule has 0 radical (unpaired) electrons. The Morgan fingerprint density at radius 2 is 1.97 bits per heavy atom. The van der Waals surface area contributed by atoms with Crippen molar-refractivity contribution in [1.29, 1.82) is 0 Å². The number of nitrogens with zero attached hydrogens (tertiary/aromatic N) is 5. The number of carbonyl (C=O) groups excluding carboxylic acids is 1. The minimum atomic E-state index is 0.200. The summed E-state index contributed by atoms with van der Waals surface area (Å²) in [5.74, 6) is 1.49. The van der Waals surface area contributed by atoms with Crippen LogP contribution in [-0.2, 0) is 4.79 Å². The Hall–Kier alpha value is -3.61. The van der Waals surface area contributed by atoms with E-state index in [0.29, 0.717) is 36.0 Å². The summed E-state index contributed by atoms with van der Waals surface area (Å²) < 4.78 is 6.15. The monoisotopic (exact) mass is 431 g/mol. The Kier molecular flexibility index (Phi) is 7.65. The first-order valence-corrected chi connectivity index (χ1v) is 10.6. The predicted octanol–water partition coefficient (Wildman–Crippen LogP) is 4.63. The van der Waals surface area contributed by atoms with E-state index in [1.807, 2.05) is 38.1 Å². The highest BCUT2D eigenvalue weighted by Gasteiger charge is 2.19. The van der Waals surface area contributed by atoms with Gasteiger partial charge < -0.3 is 9.64 Å². The lowest BCUT2D eigenvalue weighted by atomic mass is 9.92. The Balaban J connectivity index is 1.77. The molecule has 0 spiro atoms. The van der Waals surface area contributed by atoms with Gasteiger partial charge in [-0.1, -0.05) is 44.2 Å². The molecule has 3 rings (SSSR count). The van der Waals surface area contributed by atoms with E-state index < -0.39 is 0 Å². The summed E-state index contributed by atoms with van der Waals surface area (Å²) in [6.45, 7) is 8.46. The molecule has 0 fully saturated rings. The highest BCUT2D eigenvalue weighted by molar-refractivity contribution is 5.80. The number of fused-ring (bicyclic) bond motifs is 1. The maximum Gasteiger partial charge on any atom is 0.226 e. The van der Waals surface area contributed by atoms with Crippen LogP contribution < -0.4 is 4.74 Å². The fourth-order valence-corrected chi connectivity index (χ4v) is 3.20. The largest absolute Gasteiger partial charge is 0.477 e. The number of ether oxygens (including phenoxy) is 1. The molecule has 0 saturated carbocycles. The van der Waals surface area contributed by atoms with Gasteiger partial charge in [-0.15, -0.1) is 0 Å². The number of rotatable bonds is 9. The van der Waals surface area contributed by atoms with Gasteiger partial charge >= 0.3 is 0 Å². The molecule has 7 nitrogen and oxygen atoms in total. The van der Waals surface area contributed by atoms with Crippen LogP contribution in [-0.4, -0.2) is 46.3 Å². The zero-order chi connectivity index (χ0) is 23.1. The molecule has 2 aromatic heterocycles. The van der Waals surface area contributed by atoms with Crippen molar-refractivity contribution in [3.8, 4) is 5.88 Å². The quantitative estimate of drug-likeness (QED) is 0.280. The van der Waals surface area contributed by atoms with Crippen molar-refractivity contribution in [3.63, 3.8) is 0 Å². The SMILES string of the molecule is C/C=C(\N=CN(C)C=O)c1cnc(C)nc1OCC(C)[C@H](C)c1ccc2ccccc2n1. The minimum absolute atomic E-state index is 0.200. The van der Waals surface area contributed by atoms with E-state index in [0.717, 1.165) is 16.6 Å².